The second kappa shape index (κ2) is 6.08. The standard InChI is InChI=1S/C14H16N4O2S/c1-3-13(14-16-6-7-17-14)18-21(19,20)12-5-4-11(9-15)10(2)8-12/h4-8,13,18H,3H2,1-2H3,(H,16,17). The molecule has 0 aliphatic carbocycles. The number of hydrogen-bond donors (Lipinski definition) is 2. The van der Waals surface area contributed by atoms with Gasteiger partial charge in [0.05, 0.1) is 22.6 Å². The van der Waals surface area contributed by atoms with E-state index in [4.69, 9.17) is 5.26 Å². The fourth-order valence-electron chi connectivity index (χ4n) is 1.98. The number of H-pyrrole nitrogens is 1. The van der Waals surface area contributed by atoms with Crippen LogP contribution in [0.4, 0.5) is 0 Å². The Balaban J connectivity index is 2.30. The molecule has 1 unspecified atom stereocenters. The molecule has 0 aliphatic rings. The van der Waals surface area contributed by atoms with Gasteiger partial charge < -0.3 is 4.98 Å². The predicted octanol–water partition coefficient (Wildman–Crippen LogP) is 2.02. The first-order chi connectivity index (χ1) is 9.97. The third kappa shape index (κ3) is 3.29. The van der Waals surface area contributed by atoms with Crippen LogP contribution < -0.4 is 4.72 Å². The van der Waals surface area contributed by atoms with Crippen molar-refractivity contribution in [3.8, 4) is 6.07 Å². The Bertz CT molecular complexity index is 761. The van der Waals surface area contributed by atoms with Crippen molar-refractivity contribution in [3.63, 3.8) is 0 Å². The highest BCUT2D eigenvalue weighted by atomic mass is 32.2. The van der Waals surface area contributed by atoms with Crippen LogP contribution in [0.25, 0.3) is 0 Å². The molecule has 7 heteroatoms. The largest absolute Gasteiger partial charge is 0.347 e. The molecule has 0 radical (unpaired) electrons. The van der Waals surface area contributed by atoms with Gasteiger partial charge in [0.15, 0.2) is 0 Å². The number of benzene rings is 1. The van der Waals surface area contributed by atoms with Gasteiger partial charge in [-0.3, -0.25) is 0 Å². The van der Waals surface area contributed by atoms with Crippen molar-refractivity contribution < 1.29 is 8.42 Å². The molecule has 0 saturated heterocycles. The average molecular weight is 304 g/mol. The summed E-state index contributed by atoms with van der Waals surface area (Å²) in [5, 5.41) is 8.89. The van der Waals surface area contributed by atoms with Crippen LogP contribution in [0.3, 0.4) is 0 Å². The van der Waals surface area contributed by atoms with E-state index in [1.165, 1.54) is 18.2 Å². The van der Waals surface area contributed by atoms with E-state index < -0.39 is 16.1 Å². The van der Waals surface area contributed by atoms with E-state index in [0.717, 1.165) is 0 Å². The number of nitrogens with one attached hydrogen (secondary N) is 2. The summed E-state index contributed by atoms with van der Waals surface area (Å²) in [4.78, 5) is 7.14. The molecular weight excluding hydrogens is 288 g/mol. The lowest BCUT2D eigenvalue weighted by molar-refractivity contribution is 0.539. The molecule has 0 aliphatic heterocycles. The number of aromatic nitrogens is 2. The molecule has 1 heterocycles. The average Bonchev–Trinajstić information content (AvgIpc) is 2.98. The SMILES string of the molecule is CCC(NS(=O)(=O)c1ccc(C#N)c(C)c1)c1ncc[nH]1. The van der Waals surface area contributed by atoms with Crippen LogP contribution >= 0.6 is 0 Å². The third-order valence-electron chi connectivity index (χ3n) is 3.18. The second-order valence-electron chi connectivity index (χ2n) is 4.65. The van der Waals surface area contributed by atoms with Crippen LogP contribution in [-0.4, -0.2) is 18.4 Å². The molecular formula is C14H16N4O2S. The van der Waals surface area contributed by atoms with Crippen molar-refractivity contribution in [2.75, 3.05) is 0 Å². The van der Waals surface area contributed by atoms with Crippen molar-refractivity contribution in [1.82, 2.24) is 14.7 Å². The Kier molecular flexibility index (Phi) is 4.40. The first-order valence-electron chi connectivity index (χ1n) is 6.50. The van der Waals surface area contributed by atoms with Gasteiger partial charge >= 0.3 is 0 Å². The maximum atomic E-state index is 12.4. The van der Waals surface area contributed by atoms with Crippen molar-refractivity contribution >= 4 is 10.0 Å². The molecule has 1 atom stereocenters. The maximum Gasteiger partial charge on any atom is 0.241 e. The summed E-state index contributed by atoms with van der Waals surface area (Å²) in [5.74, 6) is 0.575. The van der Waals surface area contributed by atoms with Crippen molar-refractivity contribution in [3.05, 3.63) is 47.5 Å². The van der Waals surface area contributed by atoms with Gasteiger partial charge in [-0.05, 0) is 37.1 Å². The van der Waals surface area contributed by atoms with Crippen molar-refractivity contribution in [2.45, 2.75) is 31.2 Å². The summed E-state index contributed by atoms with van der Waals surface area (Å²) in [6.45, 7) is 3.58. The van der Waals surface area contributed by atoms with Gasteiger partial charge in [0, 0.05) is 12.4 Å². The molecule has 0 bridgehead atoms. The number of nitriles is 1. The molecule has 21 heavy (non-hydrogen) atoms. The topological polar surface area (TPSA) is 98.6 Å². The van der Waals surface area contributed by atoms with Crippen molar-refractivity contribution in [2.24, 2.45) is 0 Å². The van der Waals surface area contributed by atoms with Gasteiger partial charge in [0.25, 0.3) is 0 Å². The number of sulfonamides is 1. The lowest BCUT2D eigenvalue weighted by Gasteiger charge is -2.15. The highest BCUT2D eigenvalue weighted by molar-refractivity contribution is 7.89. The number of aromatic amines is 1. The Morgan fingerprint density at radius 3 is 2.76 bits per heavy atom. The van der Waals surface area contributed by atoms with Gasteiger partial charge in [-0.15, -0.1) is 0 Å². The summed E-state index contributed by atoms with van der Waals surface area (Å²) in [5.41, 5.74) is 1.10. The summed E-state index contributed by atoms with van der Waals surface area (Å²) in [6, 6.07) is 6.04. The van der Waals surface area contributed by atoms with E-state index in [9.17, 15) is 8.42 Å². The lowest BCUT2D eigenvalue weighted by atomic mass is 10.1. The van der Waals surface area contributed by atoms with E-state index in [2.05, 4.69) is 14.7 Å². The Morgan fingerprint density at radius 1 is 1.48 bits per heavy atom. The summed E-state index contributed by atoms with van der Waals surface area (Å²) in [6.07, 6.45) is 3.80. The van der Waals surface area contributed by atoms with Gasteiger partial charge in [-0.1, -0.05) is 6.92 Å². The number of hydrogen-bond acceptors (Lipinski definition) is 4. The third-order valence-corrected chi connectivity index (χ3v) is 4.65. The smallest absolute Gasteiger partial charge is 0.241 e. The Hall–Kier alpha value is -2.17. The highest BCUT2D eigenvalue weighted by Crippen LogP contribution is 2.19. The van der Waals surface area contributed by atoms with E-state index in [1.54, 1.807) is 19.3 Å². The highest BCUT2D eigenvalue weighted by Gasteiger charge is 2.22. The Morgan fingerprint density at radius 2 is 2.24 bits per heavy atom. The summed E-state index contributed by atoms with van der Waals surface area (Å²) < 4.78 is 27.4. The second-order valence-corrected chi connectivity index (χ2v) is 6.36. The molecule has 0 spiro atoms. The molecule has 6 nitrogen and oxygen atoms in total. The number of aryl methyl sites for hydroxylation is 1. The van der Waals surface area contributed by atoms with Gasteiger partial charge in [0.2, 0.25) is 10.0 Å². The molecule has 1 aromatic heterocycles. The molecule has 110 valence electrons. The zero-order chi connectivity index (χ0) is 15.5. The molecule has 2 rings (SSSR count). The van der Waals surface area contributed by atoms with Gasteiger partial charge in [-0.25, -0.2) is 18.1 Å². The fraction of sp³-hybridized carbons (Fsp3) is 0.286. The number of nitrogens with zero attached hydrogens (tertiary/aromatic N) is 2. The fourth-order valence-corrected chi connectivity index (χ4v) is 3.35. The first-order valence-corrected chi connectivity index (χ1v) is 7.98. The van der Waals surface area contributed by atoms with Crippen LogP contribution in [0.15, 0.2) is 35.5 Å². The quantitative estimate of drug-likeness (QED) is 0.882. The van der Waals surface area contributed by atoms with Crippen LogP contribution in [0.2, 0.25) is 0 Å². The normalized spacial score (nSPS) is 12.8. The summed E-state index contributed by atoms with van der Waals surface area (Å²) in [7, 11) is -3.66. The molecule has 1 aromatic carbocycles. The van der Waals surface area contributed by atoms with E-state index >= 15 is 0 Å². The lowest BCUT2D eigenvalue weighted by Crippen LogP contribution is -2.29. The minimum atomic E-state index is -3.66. The summed E-state index contributed by atoms with van der Waals surface area (Å²) >= 11 is 0. The molecule has 0 amide bonds. The number of imidazole rings is 1. The predicted molar refractivity (Wildman–Crippen MR) is 77.8 cm³/mol. The van der Waals surface area contributed by atoms with Gasteiger partial charge in [0.1, 0.15) is 5.82 Å². The van der Waals surface area contributed by atoms with Crippen LogP contribution in [0.1, 0.15) is 36.3 Å². The monoisotopic (exact) mass is 304 g/mol. The van der Waals surface area contributed by atoms with Crippen LogP contribution in [0.5, 0.6) is 0 Å². The van der Waals surface area contributed by atoms with E-state index in [1.807, 2.05) is 13.0 Å². The Labute approximate surface area is 123 Å². The minimum Gasteiger partial charge on any atom is -0.347 e. The van der Waals surface area contributed by atoms with Gasteiger partial charge in [-0.2, -0.15) is 5.26 Å². The molecule has 0 saturated carbocycles. The van der Waals surface area contributed by atoms with Crippen LogP contribution in [-0.2, 0) is 10.0 Å². The minimum absolute atomic E-state index is 0.143. The molecule has 2 aromatic rings. The molecule has 0 fully saturated rings. The molecule has 2 N–H and O–H groups in total. The zero-order valence-corrected chi connectivity index (χ0v) is 12.6. The zero-order valence-electron chi connectivity index (χ0n) is 11.8. The maximum absolute atomic E-state index is 12.4. The van der Waals surface area contributed by atoms with Crippen LogP contribution in [0, 0.1) is 18.3 Å². The van der Waals surface area contributed by atoms with E-state index in [-0.39, 0.29) is 4.90 Å². The first kappa shape index (κ1) is 15.2. The van der Waals surface area contributed by atoms with E-state index in [0.29, 0.717) is 23.4 Å². The number of rotatable bonds is 5. The van der Waals surface area contributed by atoms with Crippen molar-refractivity contribution in [1.29, 1.82) is 5.26 Å².